The van der Waals surface area contributed by atoms with Crippen LogP contribution in [0.4, 0.5) is 0 Å². The van der Waals surface area contributed by atoms with Crippen molar-refractivity contribution >= 4 is 5.91 Å². The Kier molecular flexibility index (Phi) is 4.62. The summed E-state index contributed by atoms with van der Waals surface area (Å²) in [4.78, 5) is 15.0. The smallest absolute Gasteiger partial charge is 0.223 e. The summed E-state index contributed by atoms with van der Waals surface area (Å²) in [7, 11) is 0. The van der Waals surface area contributed by atoms with Crippen LogP contribution in [0.1, 0.15) is 64.3 Å². The lowest BCUT2D eigenvalue weighted by Gasteiger charge is -2.32. The first kappa shape index (κ1) is 17.6. The molecule has 6 heteroatoms. The van der Waals surface area contributed by atoms with E-state index in [-0.39, 0.29) is 16.9 Å². The minimum absolute atomic E-state index is 0.117. The van der Waals surface area contributed by atoms with Crippen molar-refractivity contribution in [3.63, 3.8) is 0 Å². The lowest BCUT2D eigenvalue weighted by molar-refractivity contribution is -0.134. The van der Waals surface area contributed by atoms with E-state index >= 15 is 0 Å². The highest BCUT2D eigenvalue weighted by Gasteiger charge is 2.41. The summed E-state index contributed by atoms with van der Waals surface area (Å²) in [5, 5.41) is 14.3. The highest BCUT2D eigenvalue weighted by molar-refractivity contribution is 5.77. The third-order valence-corrected chi connectivity index (χ3v) is 5.37. The molecule has 1 saturated heterocycles. The molecule has 0 saturated carbocycles. The highest BCUT2D eigenvalue weighted by atomic mass is 16.2. The van der Waals surface area contributed by atoms with Crippen molar-refractivity contribution in [3.8, 4) is 0 Å². The average Bonchev–Trinajstić information content (AvgIpc) is 3.21. The Morgan fingerprint density at radius 3 is 2.68 bits per heavy atom. The standard InChI is InChI=1S/C19H27N5O/c1-18(2,17-20-22-23-21-17)11-10-16(25)24-13-15(12-19(24,3)4)14-8-6-5-7-9-14/h5-9,15H,10-13H2,1-4H3,(H,20,21,22,23). The van der Waals surface area contributed by atoms with Gasteiger partial charge in [-0.2, -0.15) is 5.21 Å². The van der Waals surface area contributed by atoms with Crippen LogP contribution in [0.5, 0.6) is 0 Å². The molecule has 1 fully saturated rings. The number of amides is 1. The molecule has 3 rings (SSSR count). The van der Waals surface area contributed by atoms with Crippen LogP contribution in [0.25, 0.3) is 0 Å². The van der Waals surface area contributed by atoms with E-state index in [0.717, 1.165) is 13.0 Å². The number of nitrogens with one attached hydrogen (secondary N) is 1. The third-order valence-electron chi connectivity index (χ3n) is 5.37. The molecule has 6 nitrogen and oxygen atoms in total. The van der Waals surface area contributed by atoms with Crippen LogP contribution in [0.2, 0.25) is 0 Å². The molecule has 25 heavy (non-hydrogen) atoms. The molecule has 1 aliphatic rings. The molecule has 1 aliphatic heterocycles. The van der Waals surface area contributed by atoms with Crippen LogP contribution >= 0.6 is 0 Å². The highest BCUT2D eigenvalue weighted by Crippen LogP contribution is 2.39. The van der Waals surface area contributed by atoms with Crippen LogP contribution in [-0.4, -0.2) is 43.5 Å². The molecular weight excluding hydrogens is 314 g/mol. The Morgan fingerprint density at radius 1 is 1.32 bits per heavy atom. The van der Waals surface area contributed by atoms with Gasteiger partial charge in [0.25, 0.3) is 0 Å². The van der Waals surface area contributed by atoms with E-state index in [1.54, 1.807) is 0 Å². The largest absolute Gasteiger partial charge is 0.337 e. The van der Waals surface area contributed by atoms with Gasteiger partial charge in [0.05, 0.1) is 0 Å². The number of aromatic amines is 1. The Bertz CT molecular complexity index is 709. The van der Waals surface area contributed by atoms with Gasteiger partial charge in [-0.25, -0.2) is 0 Å². The average molecular weight is 341 g/mol. The number of tetrazole rings is 1. The van der Waals surface area contributed by atoms with Gasteiger partial charge in [-0.1, -0.05) is 49.4 Å². The number of hydrogen-bond donors (Lipinski definition) is 1. The minimum atomic E-state index is -0.272. The van der Waals surface area contributed by atoms with Crippen LogP contribution in [0.15, 0.2) is 30.3 Å². The lowest BCUT2D eigenvalue weighted by Crippen LogP contribution is -2.43. The Labute approximate surface area is 149 Å². The van der Waals surface area contributed by atoms with Gasteiger partial charge in [0.1, 0.15) is 0 Å². The first-order valence-electron chi connectivity index (χ1n) is 8.89. The molecule has 1 amide bonds. The number of nitrogens with zero attached hydrogens (tertiary/aromatic N) is 4. The lowest BCUT2D eigenvalue weighted by atomic mass is 9.86. The molecule has 0 bridgehead atoms. The first-order valence-corrected chi connectivity index (χ1v) is 8.89. The summed E-state index contributed by atoms with van der Waals surface area (Å²) in [6.07, 6.45) is 2.19. The summed E-state index contributed by atoms with van der Waals surface area (Å²) < 4.78 is 0. The van der Waals surface area contributed by atoms with Gasteiger partial charge in [-0.15, -0.1) is 10.2 Å². The van der Waals surface area contributed by atoms with E-state index in [1.165, 1.54) is 5.56 Å². The normalized spacial score (nSPS) is 20.0. The van der Waals surface area contributed by atoms with Crippen LogP contribution in [0, 0.1) is 0 Å². The zero-order chi connectivity index (χ0) is 18.1. The monoisotopic (exact) mass is 341 g/mol. The fourth-order valence-corrected chi connectivity index (χ4v) is 3.75. The second kappa shape index (κ2) is 6.58. The van der Waals surface area contributed by atoms with Crippen LogP contribution < -0.4 is 0 Å². The molecule has 1 atom stereocenters. The summed E-state index contributed by atoms with van der Waals surface area (Å²) in [6.45, 7) is 9.22. The molecule has 134 valence electrons. The van der Waals surface area contributed by atoms with Crippen molar-refractivity contribution in [1.82, 2.24) is 25.5 Å². The van der Waals surface area contributed by atoms with Crippen LogP contribution in [-0.2, 0) is 10.2 Å². The fourth-order valence-electron chi connectivity index (χ4n) is 3.75. The minimum Gasteiger partial charge on any atom is -0.337 e. The molecule has 2 aromatic rings. The summed E-state index contributed by atoms with van der Waals surface area (Å²) in [5.41, 5.74) is 0.928. The van der Waals surface area contributed by atoms with Gasteiger partial charge in [0, 0.05) is 29.8 Å². The van der Waals surface area contributed by atoms with Crippen molar-refractivity contribution in [1.29, 1.82) is 0 Å². The van der Waals surface area contributed by atoms with Crippen molar-refractivity contribution in [2.75, 3.05) is 6.54 Å². The SMILES string of the molecule is CC(C)(CCC(=O)N1CC(c2ccccc2)CC1(C)C)c1nn[nH]n1. The van der Waals surface area contributed by atoms with Gasteiger partial charge in [-0.05, 0) is 32.3 Å². The second-order valence-corrected chi connectivity index (χ2v) is 8.25. The maximum absolute atomic E-state index is 12.9. The number of H-pyrrole nitrogens is 1. The van der Waals surface area contributed by atoms with Crippen molar-refractivity contribution in [2.24, 2.45) is 0 Å². The van der Waals surface area contributed by atoms with Crippen LogP contribution in [0.3, 0.4) is 0 Å². The van der Waals surface area contributed by atoms with Crippen molar-refractivity contribution < 1.29 is 4.79 Å². The number of carbonyl (C=O) groups excluding carboxylic acids is 1. The maximum atomic E-state index is 12.9. The predicted molar refractivity (Wildman–Crippen MR) is 96.0 cm³/mol. The topological polar surface area (TPSA) is 74.8 Å². The molecule has 2 heterocycles. The Morgan fingerprint density at radius 2 is 2.04 bits per heavy atom. The maximum Gasteiger partial charge on any atom is 0.223 e. The van der Waals surface area contributed by atoms with E-state index < -0.39 is 0 Å². The molecule has 0 spiro atoms. The van der Waals surface area contributed by atoms with E-state index in [0.29, 0.717) is 24.6 Å². The van der Waals surface area contributed by atoms with E-state index in [4.69, 9.17) is 0 Å². The number of carbonyl (C=O) groups is 1. The van der Waals surface area contributed by atoms with Gasteiger partial charge < -0.3 is 4.90 Å². The third kappa shape index (κ3) is 3.72. The summed E-state index contributed by atoms with van der Waals surface area (Å²) in [6, 6.07) is 10.5. The van der Waals surface area contributed by atoms with E-state index in [9.17, 15) is 4.79 Å². The summed E-state index contributed by atoms with van der Waals surface area (Å²) in [5.74, 6) is 1.27. The number of hydrogen-bond acceptors (Lipinski definition) is 4. The number of benzene rings is 1. The van der Waals surface area contributed by atoms with Crippen molar-refractivity contribution in [3.05, 3.63) is 41.7 Å². The Balaban J connectivity index is 1.65. The van der Waals surface area contributed by atoms with Gasteiger partial charge in [0.2, 0.25) is 5.91 Å². The van der Waals surface area contributed by atoms with Gasteiger partial charge in [0.15, 0.2) is 5.82 Å². The zero-order valence-corrected chi connectivity index (χ0v) is 15.5. The molecule has 1 N–H and O–H groups in total. The Hall–Kier alpha value is -2.24. The van der Waals surface area contributed by atoms with Crippen molar-refractivity contribution in [2.45, 2.75) is 63.8 Å². The first-order chi connectivity index (χ1) is 11.8. The molecule has 1 unspecified atom stereocenters. The number of aromatic nitrogens is 4. The molecule has 0 radical (unpaired) electrons. The zero-order valence-electron chi connectivity index (χ0n) is 15.5. The molecule has 1 aromatic carbocycles. The number of likely N-dealkylation sites (tertiary alicyclic amines) is 1. The summed E-state index contributed by atoms with van der Waals surface area (Å²) >= 11 is 0. The van der Waals surface area contributed by atoms with E-state index in [1.807, 2.05) is 19.9 Å². The van der Waals surface area contributed by atoms with E-state index in [2.05, 4.69) is 63.6 Å². The second-order valence-electron chi connectivity index (χ2n) is 8.25. The molecular formula is C19H27N5O. The quantitative estimate of drug-likeness (QED) is 0.907. The van der Waals surface area contributed by atoms with Gasteiger partial charge in [-0.3, -0.25) is 4.79 Å². The van der Waals surface area contributed by atoms with Gasteiger partial charge >= 0.3 is 0 Å². The molecule has 1 aromatic heterocycles. The fraction of sp³-hybridized carbons (Fsp3) is 0.579. The predicted octanol–water partition coefficient (Wildman–Crippen LogP) is 3.05. The molecule has 0 aliphatic carbocycles. The number of rotatable bonds is 5.